The van der Waals surface area contributed by atoms with Gasteiger partial charge in [-0.25, -0.2) is 0 Å². The summed E-state index contributed by atoms with van der Waals surface area (Å²) in [5.74, 6) is -0.811. The summed E-state index contributed by atoms with van der Waals surface area (Å²) in [5, 5.41) is 20.3. The van der Waals surface area contributed by atoms with Gasteiger partial charge in [-0.1, -0.05) is 0 Å². The molecule has 0 saturated heterocycles. The van der Waals surface area contributed by atoms with E-state index >= 15 is 0 Å². The molecule has 1 amide bonds. The van der Waals surface area contributed by atoms with Crippen molar-refractivity contribution in [3.8, 4) is 6.07 Å². The summed E-state index contributed by atoms with van der Waals surface area (Å²) in [6.45, 7) is 1.72. The van der Waals surface area contributed by atoms with Crippen LogP contribution < -0.4 is 11.1 Å². The van der Waals surface area contributed by atoms with Crippen LogP contribution in [0.4, 0.5) is 0 Å². The zero-order valence-corrected chi connectivity index (χ0v) is 11.0. The van der Waals surface area contributed by atoms with Gasteiger partial charge in [-0.05, 0) is 25.7 Å². The number of aliphatic carboxylic acids is 1. The zero-order chi connectivity index (χ0) is 13.8. The Kier molecular flexibility index (Phi) is 4.99. The topological polar surface area (TPSA) is 116 Å². The third-order valence-corrected chi connectivity index (χ3v) is 3.93. The summed E-state index contributed by atoms with van der Waals surface area (Å²) >= 11 is 1.15. The van der Waals surface area contributed by atoms with E-state index in [4.69, 9.17) is 16.1 Å². The predicted molar refractivity (Wildman–Crippen MR) is 67.8 cm³/mol. The Hall–Kier alpha value is -1.26. The highest BCUT2D eigenvalue weighted by atomic mass is 32.2. The Morgan fingerprint density at radius 3 is 2.72 bits per heavy atom. The number of rotatable bonds is 7. The van der Waals surface area contributed by atoms with Gasteiger partial charge in [0, 0.05) is 5.75 Å². The molecular weight excluding hydrogens is 254 g/mol. The molecule has 0 aromatic carbocycles. The van der Waals surface area contributed by atoms with Gasteiger partial charge in [0.2, 0.25) is 5.91 Å². The van der Waals surface area contributed by atoms with Gasteiger partial charge in [-0.2, -0.15) is 5.26 Å². The quantitative estimate of drug-likeness (QED) is 0.597. The van der Waals surface area contributed by atoms with Crippen LogP contribution in [0.15, 0.2) is 0 Å². The molecule has 0 radical (unpaired) electrons. The van der Waals surface area contributed by atoms with E-state index in [1.54, 1.807) is 6.92 Å². The van der Waals surface area contributed by atoms with Crippen LogP contribution in [0.1, 0.15) is 19.8 Å². The van der Waals surface area contributed by atoms with Crippen LogP contribution in [0.25, 0.3) is 0 Å². The minimum Gasteiger partial charge on any atom is -0.480 e. The number of carboxylic acid groups (broad SMARTS) is 1. The van der Waals surface area contributed by atoms with Crippen molar-refractivity contribution in [3.63, 3.8) is 0 Å². The normalized spacial score (nSPS) is 19.4. The average Bonchev–Trinajstić information content (AvgIpc) is 3.12. The number of nitrogens with one attached hydrogen (secondary N) is 1. The Bertz CT molecular complexity index is 378. The average molecular weight is 271 g/mol. The highest BCUT2D eigenvalue weighted by molar-refractivity contribution is 8.00. The van der Waals surface area contributed by atoms with E-state index in [9.17, 15) is 9.59 Å². The molecule has 1 fully saturated rings. The van der Waals surface area contributed by atoms with Crippen LogP contribution in [0.5, 0.6) is 0 Å². The number of nitriles is 1. The van der Waals surface area contributed by atoms with Gasteiger partial charge in [0.15, 0.2) is 0 Å². The van der Waals surface area contributed by atoms with Crippen LogP contribution in [0.2, 0.25) is 0 Å². The molecular formula is C11H17N3O3S. The van der Waals surface area contributed by atoms with E-state index in [-0.39, 0.29) is 23.3 Å². The van der Waals surface area contributed by atoms with Crippen LogP contribution in [0, 0.1) is 17.2 Å². The van der Waals surface area contributed by atoms with Crippen LogP contribution >= 0.6 is 11.8 Å². The molecule has 4 N–H and O–H groups in total. The van der Waals surface area contributed by atoms with Gasteiger partial charge in [0.05, 0.1) is 11.8 Å². The zero-order valence-electron chi connectivity index (χ0n) is 10.2. The molecule has 18 heavy (non-hydrogen) atoms. The van der Waals surface area contributed by atoms with Crippen molar-refractivity contribution in [2.45, 2.75) is 31.3 Å². The third kappa shape index (κ3) is 4.20. The Morgan fingerprint density at radius 2 is 2.28 bits per heavy atom. The lowest BCUT2D eigenvalue weighted by molar-refractivity contribution is -0.138. The molecule has 2 atom stereocenters. The molecule has 1 unspecified atom stereocenters. The molecule has 100 valence electrons. The number of amides is 1. The lowest BCUT2D eigenvalue weighted by atomic mass is 9.98. The van der Waals surface area contributed by atoms with E-state index in [2.05, 4.69) is 11.4 Å². The maximum atomic E-state index is 11.6. The van der Waals surface area contributed by atoms with Gasteiger partial charge in [0.25, 0.3) is 0 Å². The minimum atomic E-state index is -1.08. The summed E-state index contributed by atoms with van der Waals surface area (Å²) in [5.41, 5.74) is 4.51. The highest BCUT2D eigenvalue weighted by Gasteiger charge is 2.42. The summed E-state index contributed by atoms with van der Waals surface area (Å²) in [7, 11) is 0. The Morgan fingerprint density at radius 1 is 1.67 bits per heavy atom. The first kappa shape index (κ1) is 14.8. The minimum absolute atomic E-state index is 0.116. The molecule has 0 aromatic heterocycles. The first-order valence-electron chi connectivity index (χ1n) is 5.67. The lowest BCUT2D eigenvalue weighted by Gasteiger charge is -2.22. The number of carbonyl (C=O) groups excluding carboxylic acids is 1. The molecule has 0 bridgehead atoms. The van der Waals surface area contributed by atoms with E-state index in [1.165, 1.54) is 0 Å². The van der Waals surface area contributed by atoms with E-state index < -0.39 is 17.6 Å². The molecule has 0 spiro atoms. The highest BCUT2D eigenvalue weighted by Crippen LogP contribution is 2.39. The number of hydrogen-bond donors (Lipinski definition) is 3. The van der Waals surface area contributed by atoms with Crippen LogP contribution in [0.3, 0.4) is 0 Å². The van der Waals surface area contributed by atoms with Crippen molar-refractivity contribution in [1.82, 2.24) is 5.32 Å². The first-order valence-corrected chi connectivity index (χ1v) is 6.83. The molecule has 0 heterocycles. The van der Waals surface area contributed by atoms with Crippen molar-refractivity contribution >= 4 is 23.6 Å². The fourth-order valence-corrected chi connectivity index (χ4v) is 2.33. The number of carbonyl (C=O) groups is 2. The number of carboxylic acids is 1. The Labute approximate surface area is 110 Å². The van der Waals surface area contributed by atoms with Gasteiger partial charge in [0.1, 0.15) is 11.6 Å². The summed E-state index contributed by atoms with van der Waals surface area (Å²) in [6, 6.07) is 1.16. The lowest BCUT2D eigenvalue weighted by Crippen LogP contribution is -2.47. The van der Waals surface area contributed by atoms with Crippen molar-refractivity contribution < 1.29 is 14.7 Å². The molecule has 0 aromatic rings. The maximum absolute atomic E-state index is 11.6. The number of nitrogens with zero attached hydrogens (tertiary/aromatic N) is 1. The molecule has 1 rings (SSSR count). The van der Waals surface area contributed by atoms with Gasteiger partial charge in [-0.15, -0.1) is 11.8 Å². The van der Waals surface area contributed by atoms with Gasteiger partial charge < -0.3 is 16.2 Å². The first-order chi connectivity index (χ1) is 8.39. The maximum Gasteiger partial charge on any atom is 0.321 e. The SMILES string of the molecule is CC(C#N)(NC(=O)CSC[C@@H](N)C(=O)O)C1CC1. The molecule has 0 aliphatic heterocycles. The predicted octanol–water partition coefficient (Wildman–Crippen LogP) is -0.0600. The van der Waals surface area contributed by atoms with E-state index in [0.29, 0.717) is 0 Å². The van der Waals surface area contributed by atoms with Gasteiger partial charge >= 0.3 is 5.97 Å². The second kappa shape index (κ2) is 6.07. The van der Waals surface area contributed by atoms with Crippen molar-refractivity contribution in [1.29, 1.82) is 5.26 Å². The van der Waals surface area contributed by atoms with Gasteiger partial charge in [-0.3, -0.25) is 9.59 Å². The second-order valence-corrected chi connectivity index (χ2v) is 5.63. The largest absolute Gasteiger partial charge is 0.480 e. The summed E-state index contributed by atoms with van der Waals surface area (Å²) in [6.07, 6.45) is 1.92. The van der Waals surface area contributed by atoms with Crippen molar-refractivity contribution in [3.05, 3.63) is 0 Å². The fourth-order valence-electron chi connectivity index (χ4n) is 1.56. The Balaban J connectivity index is 2.29. The number of nitrogens with two attached hydrogens (primary N) is 1. The van der Waals surface area contributed by atoms with Crippen LogP contribution in [-0.2, 0) is 9.59 Å². The van der Waals surface area contributed by atoms with Crippen molar-refractivity contribution in [2.75, 3.05) is 11.5 Å². The van der Waals surface area contributed by atoms with Crippen molar-refractivity contribution in [2.24, 2.45) is 11.7 Å². The van der Waals surface area contributed by atoms with Crippen LogP contribution in [-0.4, -0.2) is 40.1 Å². The van der Waals surface area contributed by atoms with E-state index in [1.807, 2.05) is 0 Å². The molecule has 1 aliphatic rings. The molecule has 6 nitrogen and oxygen atoms in total. The standard InChI is InChI=1S/C11H17N3O3S/c1-11(6-12,7-2-3-7)14-9(15)5-18-4-8(13)10(16)17/h7-8H,2-5,13H2,1H3,(H,14,15)(H,16,17)/t8-,11?/m1/s1. The molecule has 1 saturated carbocycles. The molecule has 1 aliphatic carbocycles. The van der Waals surface area contributed by atoms with E-state index in [0.717, 1.165) is 24.6 Å². The second-order valence-electron chi connectivity index (χ2n) is 4.60. The number of hydrogen-bond acceptors (Lipinski definition) is 5. The number of thioether (sulfide) groups is 1. The third-order valence-electron chi connectivity index (χ3n) is 2.87. The monoisotopic (exact) mass is 271 g/mol. The summed E-state index contributed by atoms with van der Waals surface area (Å²) in [4.78, 5) is 22.1. The summed E-state index contributed by atoms with van der Waals surface area (Å²) < 4.78 is 0. The molecule has 7 heteroatoms. The fraction of sp³-hybridized carbons (Fsp3) is 0.727. The smallest absolute Gasteiger partial charge is 0.321 e.